The predicted molar refractivity (Wildman–Crippen MR) is 105 cm³/mol. The van der Waals surface area contributed by atoms with Gasteiger partial charge in [0.15, 0.2) is 0 Å². The van der Waals surface area contributed by atoms with Crippen LogP contribution in [0.15, 0.2) is 42.7 Å². The molecule has 1 saturated heterocycles. The molecule has 1 amide bonds. The third kappa shape index (κ3) is 3.30. The van der Waals surface area contributed by atoms with Crippen molar-refractivity contribution in [2.24, 2.45) is 5.92 Å². The molecule has 0 aliphatic carbocycles. The average Bonchev–Trinajstić information content (AvgIpc) is 3.10. The summed E-state index contributed by atoms with van der Waals surface area (Å²) < 4.78 is 14.7. The summed E-state index contributed by atoms with van der Waals surface area (Å²) in [5, 5.41) is 0. The summed E-state index contributed by atoms with van der Waals surface area (Å²) in [5.41, 5.74) is 4.40. The van der Waals surface area contributed by atoms with Gasteiger partial charge < -0.3 is 4.90 Å². The third-order valence-corrected chi connectivity index (χ3v) is 5.62. The topological polar surface area (TPSA) is 55.2 Å². The smallest absolute Gasteiger partial charge is 0.253 e. The maximum Gasteiger partial charge on any atom is 0.253 e. The quantitative estimate of drug-likeness (QED) is 0.677. The standard InChI is InChI=1S/C22H22FN3O2/c1-14-11-19-20(12-15(14)2)26(13-24-19)22(28)17-7-9-25(10-8-17)21(27)16-3-5-18(23)6-4-16/h3-6,11-13,17H,7-10H2,1-2H3. The van der Waals surface area contributed by atoms with Crippen LogP contribution in [0.3, 0.4) is 0 Å². The number of aryl methyl sites for hydroxylation is 2. The summed E-state index contributed by atoms with van der Waals surface area (Å²) in [4.78, 5) is 31.7. The first-order valence-electron chi connectivity index (χ1n) is 9.47. The lowest BCUT2D eigenvalue weighted by atomic mass is 9.95. The highest BCUT2D eigenvalue weighted by atomic mass is 19.1. The molecule has 0 radical (unpaired) electrons. The second-order valence-corrected chi connectivity index (χ2v) is 7.45. The van der Waals surface area contributed by atoms with Crippen LogP contribution in [0.2, 0.25) is 0 Å². The molecule has 0 atom stereocenters. The van der Waals surface area contributed by atoms with Gasteiger partial charge in [0.05, 0.1) is 11.0 Å². The zero-order valence-corrected chi connectivity index (χ0v) is 16.0. The summed E-state index contributed by atoms with van der Waals surface area (Å²) in [5.74, 6) is -0.597. The van der Waals surface area contributed by atoms with Crippen LogP contribution in [0.25, 0.3) is 11.0 Å². The molecule has 28 heavy (non-hydrogen) atoms. The van der Waals surface area contributed by atoms with E-state index in [2.05, 4.69) is 4.98 Å². The fourth-order valence-electron chi connectivity index (χ4n) is 3.74. The van der Waals surface area contributed by atoms with Gasteiger partial charge in [-0.25, -0.2) is 9.37 Å². The zero-order chi connectivity index (χ0) is 19.8. The van der Waals surface area contributed by atoms with E-state index in [-0.39, 0.29) is 23.5 Å². The van der Waals surface area contributed by atoms with Gasteiger partial charge in [0, 0.05) is 24.6 Å². The van der Waals surface area contributed by atoms with E-state index in [9.17, 15) is 14.0 Å². The van der Waals surface area contributed by atoms with Crippen LogP contribution >= 0.6 is 0 Å². The molecule has 4 rings (SSSR count). The lowest BCUT2D eigenvalue weighted by Crippen LogP contribution is -2.41. The minimum Gasteiger partial charge on any atom is -0.339 e. The Morgan fingerprint density at radius 3 is 2.36 bits per heavy atom. The number of rotatable bonds is 2. The van der Waals surface area contributed by atoms with Crippen molar-refractivity contribution in [3.05, 3.63) is 65.2 Å². The molecule has 0 N–H and O–H groups in total. The maximum absolute atomic E-state index is 13.1. The number of halogens is 1. The number of nitrogens with zero attached hydrogens (tertiary/aromatic N) is 3. The van der Waals surface area contributed by atoms with Crippen LogP contribution in [-0.2, 0) is 0 Å². The van der Waals surface area contributed by atoms with Gasteiger partial charge in [-0.1, -0.05) is 0 Å². The number of hydrogen-bond acceptors (Lipinski definition) is 3. The van der Waals surface area contributed by atoms with Crippen molar-refractivity contribution in [1.82, 2.24) is 14.5 Å². The molecule has 2 aromatic carbocycles. The number of carbonyl (C=O) groups excluding carboxylic acids is 2. The second-order valence-electron chi connectivity index (χ2n) is 7.45. The molecule has 0 spiro atoms. The highest BCUT2D eigenvalue weighted by Crippen LogP contribution is 2.24. The van der Waals surface area contributed by atoms with Gasteiger partial charge in [0.25, 0.3) is 5.91 Å². The molecule has 2 heterocycles. The van der Waals surface area contributed by atoms with Crippen LogP contribution < -0.4 is 0 Å². The Kier molecular flexibility index (Phi) is 4.71. The molecule has 0 bridgehead atoms. The van der Waals surface area contributed by atoms with Gasteiger partial charge in [-0.3, -0.25) is 14.2 Å². The number of fused-ring (bicyclic) bond motifs is 1. The van der Waals surface area contributed by atoms with E-state index in [1.54, 1.807) is 15.8 Å². The fourth-order valence-corrected chi connectivity index (χ4v) is 3.74. The van der Waals surface area contributed by atoms with Gasteiger partial charge in [0.2, 0.25) is 5.91 Å². The first-order chi connectivity index (χ1) is 13.4. The number of benzene rings is 2. The summed E-state index contributed by atoms with van der Waals surface area (Å²) in [6.45, 7) is 5.08. The predicted octanol–water partition coefficient (Wildman–Crippen LogP) is 3.98. The largest absolute Gasteiger partial charge is 0.339 e. The van der Waals surface area contributed by atoms with Crippen LogP contribution in [-0.4, -0.2) is 39.4 Å². The van der Waals surface area contributed by atoms with Gasteiger partial charge in [0.1, 0.15) is 12.1 Å². The molecule has 5 nitrogen and oxygen atoms in total. The summed E-state index contributed by atoms with van der Waals surface area (Å²) in [6.07, 6.45) is 2.81. The highest BCUT2D eigenvalue weighted by molar-refractivity contribution is 5.95. The number of amides is 1. The van der Waals surface area contributed by atoms with Crippen molar-refractivity contribution in [3.8, 4) is 0 Å². The van der Waals surface area contributed by atoms with Gasteiger partial charge in [-0.15, -0.1) is 0 Å². The molecule has 1 aliphatic heterocycles. The summed E-state index contributed by atoms with van der Waals surface area (Å²) in [6, 6.07) is 9.57. The maximum atomic E-state index is 13.1. The van der Waals surface area contributed by atoms with Crippen molar-refractivity contribution in [3.63, 3.8) is 0 Å². The Bertz CT molecular complexity index is 1050. The van der Waals surface area contributed by atoms with E-state index in [0.29, 0.717) is 31.5 Å². The SMILES string of the molecule is Cc1cc2ncn(C(=O)C3CCN(C(=O)c4ccc(F)cc4)CC3)c2cc1C. The molecule has 0 unspecified atom stereocenters. The Hall–Kier alpha value is -3.02. The minimum atomic E-state index is -0.362. The van der Waals surface area contributed by atoms with Crippen molar-refractivity contribution < 1.29 is 14.0 Å². The molecule has 1 fully saturated rings. The van der Waals surface area contributed by atoms with E-state index in [1.807, 2.05) is 26.0 Å². The van der Waals surface area contributed by atoms with Crippen molar-refractivity contribution in [2.45, 2.75) is 26.7 Å². The van der Waals surface area contributed by atoms with E-state index < -0.39 is 0 Å². The number of hydrogen-bond donors (Lipinski definition) is 0. The van der Waals surface area contributed by atoms with Crippen molar-refractivity contribution in [1.29, 1.82) is 0 Å². The number of piperidine rings is 1. The van der Waals surface area contributed by atoms with Gasteiger partial charge >= 0.3 is 0 Å². The minimum absolute atomic E-state index is 0.0274. The summed E-state index contributed by atoms with van der Waals surface area (Å²) in [7, 11) is 0. The third-order valence-electron chi connectivity index (χ3n) is 5.62. The molecule has 3 aromatic rings. The number of carbonyl (C=O) groups is 2. The van der Waals surface area contributed by atoms with Crippen molar-refractivity contribution in [2.75, 3.05) is 13.1 Å². The number of likely N-dealkylation sites (tertiary alicyclic amines) is 1. The Morgan fingerprint density at radius 1 is 1.04 bits per heavy atom. The second kappa shape index (κ2) is 7.19. The van der Waals surface area contributed by atoms with Crippen LogP contribution in [0.1, 0.15) is 39.1 Å². The summed E-state index contributed by atoms with van der Waals surface area (Å²) >= 11 is 0. The monoisotopic (exact) mass is 379 g/mol. The average molecular weight is 379 g/mol. The molecule has 6 heteroatoms. The van der Waals surface area contributed by atoms with E-state index >= 15 is 0 Å². The fraction of sp³-hybridized carbons (Fsp3) is 0.318. The lowest BCUT2D eigenvalue weighted by Gasteiger charge is -2.31. The van der Waals surface area contributed by atoms with E-state index in [4.69, 9.17) is 0 Å². The Labute approximate surface area is 162 Å². The number of imidazole rings is 1. The zero-order valence-electron chi connectivity index (χ0n) is 16.0. The van der Waals surface area contributed by atoms with Crippen molar-refractivity contribution >= 4 is 22.8 Å². The van der Waals surface area contributed by atoms with Gasteiger partial charge in [-0.2, -0.15) is 0 Å². The number of aromatic nitrogens is 2. The normalized spacial score (nSPS) is 15.2. The van der Waals surface area contributed by atoms with E-state index in [0.717, 1.165) is 22.2 Å². The lowest BCUT2D eigenvalue weighted by molar-refractivity contribution is 0.0623. The Morgan fingerprint density at radius 2 is 1.68 bits per heavy atom. The van der Waals surface area contributed by atoms with Crippen LogP contribution in [0.5, 0.6) is 0 Å². The van der Waals surface area contributed by atoms with E-state index in [1.165, 1.54) is 24.3 Å². The molecule has 1 aromatic heterocycles. The van der Waals surface area contributed by atoms with Crippen LogP contribution in [0, 0.1) is 25.6 Å². The molecule has 1 aliphatic rings. The van der Waals surface area contributed by atoms with Gasteiger partial charge in [-0.05, 0) is 74.2 Å². The first kappa shape index (κ1) is 18.3. The Balaban J connectivity index is 1.46. The molecule has 144 valence electrons. The highest BCUT2D eigenvalue weighted by Gasteiger charge is 2.29. The molecule has 0 saturated carbocycles. The molecular formula is C22H22FN3O2. The molecular weight excluding hydrogens is 357 g/mol. The first-order valence-corrected chi connectivity index (χ1v) is 9.47. The van der Waals surface area contributed by atoms with Crippen LogP contribution in [0.4, 0.5) is 4.39 Å².